The lowest BCUT2D eigenvalue weighted by atomic mass is 10.1. The summed E-state index contributed by atoms with van der Waals surface area (Å²) in [6, 6.07) is 0.155. The van der Waals surface area contributed by atoms with Gasteiger partial charge in [-0.3, -0.25) is 4.79 Å². The van der Waals surface area contributed by atoms with Gasteiger partial charge >= 0.3 is 0 Å². The van der Waals surface area contributed by atoms with Crippen LogP contribution in [-0.4, -0.2) is 11.9 Å². The Bertz CT molecular complexity index is 146. The molecule has 2 heteroatoms. The molecule has 10 heavy (non-hydrogen) atoms. The van der Waals surface area contributed by atoms with Crippen molar-refractivity contribution >= 4 is 5.91 Å². The van der Waals surface area contributed by atoms with Crippen molar-refractivity contribution in [2.24, 2.45) is 0 Å². The first-order chi connectivity index (χ1) is 4.70. The molecule has 0 saturated heterocycles. The highest BCUT2D eigenvalue weighted by molar-refractivity contribution is 5.73. The fourth-order valence-electron chi connectivity index (χ4n) is 0.727. The van der Waals surface area contributed by atoms with E-state index in [4.69, 9.17) is 6.42 Å². The van der Waals surface area contributed by atoms with Gasteiger partial charge in [0.15, 0.2) is 0 Å². The summed E-state index contributed by atoms with van der Waals surface area (Å²) < 4.78 is 0. The van der Waals surface area contributed by atoms with Gasteiger partial charge in [0, 0.05) is 19.4 Å². The standard InChI is InChI=1S/C8H13NO/c1-4-6-8(5-2)9-7(3)10/h1,8H,5-6H2,2-3H3,(H,9,10). The van der Waals surface area contributed by atoms with Gasteiger partial charge in [-0.2, -0.15) is 0 Å². The molecular formula is C8H13NO. The topological polar surface area (TPSA) is 29.1 Å². The average molecular weight is 139 g/mol. The normalized spacial score (nSPS) is 11.7. The van der Waals surface area contributed by atoms with Crippen molar-refractivity contribution < 1.29 is 4.79 Å². The number of terminal acetylenes is 1. The van der Waals surface area contributed by atoms with Crippen molar-refractivity contribution in [1.82, 2.24) is 5.32 Å². The third-order valence-electron chi connectivity index (χ3n) is 1.26. The van der Waals surface area contributed by atoms with Gasteiger partial charge in [-0.25, -0.2) is 0 Å². The molecule has 0 saturated carbocycles. The Morgan fingerprint density at radius 1 is 1.80 bits per heavy atom. The first kappa shape index (κ1) is 9.03. The number of amides is 1. The van der Waals surface area contributed by atoms with E-state index in [0.29, 0.717) is 6.42 Å². The molecule has 1 amide bonds. The van der Waals surface area contributed by atoms with Crippen LogP contribution in [0.25, 0.3) is 0 Å². The van der Waals surface area contributed by atoms with Gasteiger partial charge in [-0.15, -0.1) is 12.3 Å². The Kier molecular flexibility index (Phi) is 4.39. The van der Waals surface area contributed by atoms with Crippen LogP contribution in [0.2, 0.25) is 0 Å². The van der Waals surface area contributed by atoms with Crippen LogP contribution in [0.3, 0.4) is 0 Å². The van der Waals surface area contributed by atoms with E-state index in [9.17, 15) is 4.79 Å². The van der Waals surface area contributed by atoms with Crippen molar-refractivity contribution in [3.05, 3.63) is 0 Å². The second kappa shape index (κ2) is 4.87. The fraction of sp³-hybridized carbons (Fsp3) is 0.625. The molecule has 0 bridgehead atoms. The Morgan fingerprint density at radius 2 is 2.40 bits per heavy atom. The minimum Gasteiger partial charge on any atom is -0.353 e. The molecule has 0 heterocycles. The predicted molar refractivity (Wildman–Crippen MR) is 41.3 cm³/mol. The number of carbonyl (C=O) groups is 1. The number of rotatable bonds is 3. The Labute approximate surface area is 62.0 Å². The summed E-state index contributed by atoms with van der Waals surface area (Å²) >= 11 is 0. The maximum Gasteiger partial charge on any atom is 0.217 e. The van der Waals surface area contributed by atoms with E-state index in [0.717, 1.165) is 6.42 Å². The van der Waals surface area contributed by atoms with E-state index >= 15 is 0 Å². The van der Waals surface area contributed by atoms with E-state index < -0.39 is 0 Å². The maximum absolute atomic E-state index is 10.5. The summed E-state index contributed by atoms with van der Waals surface area (Å²) in [5, 5.41) is 2.75. The van der Waals surface area contributed by atoms with E-state index in [1.807, 2.05) is 6.92 Å². The Hall–Kier alpha value is -0.970. The van der Waals surface area contributed by atoms with Gasteiger partial charge in [-0.1, -0.05) is 6.92 Å². The largest absolute Gasteiger partial charge is 0.353 e. The molecule has 0 spiro atoms. The highest BCUT2D eigenvalue weighted by Crippen LogP contribution is 1.94. The minimum absolute atomic E-state index is 0.0119. The molecule has 2 nitrogen and oxygen atoms in total. The number of nitrogens with one attached hydrogen (secondary N) is 1. The summed E-state index contributed by atoms with van der Waals surface area (Å²) in [4.78, 5) is 10.5. The van der Waals surface area contributed by atoms with Crippen molar-refractivity contribution in [3.63, 3.8) is 0 Å². The molecule has 0 aliphatic carbocycles. The summed E-state index contributed by atoms with van der Waals surface area (Å²) in [5.41, 5.74) is 0. The van der Waals surface area contributed by atoms with Crippen LogP contribution in [-0.2, 0) is 4.79 Å². The zero-order chi connectivity index (χ0) is 7.98. The van der Waals surface area contributed by atoms with Crippen molar-refractivity contribution in [2.45, 2.75) is 32.7 Å². The van der Waals surface area contributed by atoms with Gasteiger partial charge in [0.25, 0.3) is 0 Å². The average Bonchev–Trinajstić information content (AvgIpc) is 1.86. The maximum atomic E-state index is 10.5. The van der Waals surface area contributed by atoms with E-state index in [1.165, 1.54) is 6.92 Å². The van der Waals surface area contributed by atoms with Gasteiger partial charge in [0.1, 0.15) is 0 Å². The van der Waals surface area contributed by atoms with Crippen LogP contribution >= 0.6 is 0 Å². The Balaban J connectivity index is 3.62. The smallest absolute Gasteiger partial charge is 0.217 e. The molecule has 0 radical (unpaired) electrons. The molecule has 0 fully saturated rings. The minimum atomic E-state index is -0.0119. The van der Waals surface area contributed by atoms with Crippen LogP contribution in [0.1, 0.15) is 26.7 Å². The lowest BCUT2D eigenvalue weighted by Gasteiger charge is -2.11. The molecule has 0 aromatic rings. The van der Waals surface area contributed by atoms with Gasteiger partial charge in [0.05, 0.1) is 0 Å². The molecule has 0 aromatic carbocycles. The van der Waals surface area contributed by atoms with E-state index in [2.05, 4.69) is 11.2 Å². The summed E-state index contributed by atoms with van der Waals surface area (Å²) in [5.74, 6) is 2.50. The highest BCUT2D eigenvalue weighted by atomic mass is 16.1. The van der Waals surface area contributed by atoms with Crippen LogP contribution < -0.4 is 5.32 Å². The van der Waals surface area contributed by atoms with E-state index in [-0.39, 0.29) is 11.9 Å². The molecular weight excluding hydrogens is 126 g/mol. The first-order valence-corrected chi connectivity index (χ1v) is 3.41. The molecule has 0 aliphatic heterocycles. The van der Waals surface area contributed by atoms with Crippen LogP contribution in [0, 0.1) is 12.3 Å². The summed E-state index contributed by atoms with van der Waals surface area (Å²) in [6.45, 7) is 3.50. The number of carbonyl (C=O) groups excluding carboxylic acids is 1. The second-order valence-corrected chi connectivity index (χ2v) is 2.21. The molecule has 0 aromatic heterocycles. The van der Waals surface area contributed by atoms with Crippen LogP contribution in [0.15, 0.2) is 0 Å². The third kappa shape index (κ3) is 3.96. The summed E-state index contributed by atoms with van der Waals surface area (Å²) in [7, 11) is 0. The predicted octanol–water partition coefficient (Wildman–Crippen LogP) is 0.924. The highest BCUT2D eigenvalue weighted by Gasteiger charge is 2.03. The fourth-order valence-corrected chi connectivity index (χ4v) is 0.727. The Morgan fingerprint density at radius 3 is 2.70 bits per heavy atom. The van der Waals surface area contributed by atoms with Gasteiger partial charge in [-0.05, 0) is 6.42 Å². The molecule has 56 valence electrons. The van der Waals surface area contributed by atoms with Gasteiger partial charge < -0.3 is 5.32 Å². The van der Waals surface area contributed by atoms with E-state index in [1.54, 1.807) is 0 Å². The zero-order valence-corrected chi connectivity index (χ0v) is 6.48. The number of hydrogen-bond donors (Lipinski definition) is 1. The van der Waals surface area contributed by atoms with Crippen molar-refractivity contribution in [1.29, 1.82) is 0 Å². The molecule has 0 rings (SSSR count). The molecule has 1 N–H and O–H groups in total. The SMILES string of the molecule is C#CCC(CC)NC(C)=O. The van der Waals surface area contributed by atoms with Gasteiger partial charge in [0.2, 0.25) is 5.91 Å². The van der Waals surface area contributed by atoms with Crippen molar-refractivity contribution in [3.8, 4) is 12.3 Å². The molecule has 1 unspecified atom stereocenters. The molecule has 1 atom stereocenters. The lowest BCUT2D eigenvalue weighted by Crippen LogP contribution is -2.31. The van der Waals surface area contributed by atoms with Crippen LogP contribution in [0.4, 0.5) is 0 Å². The summed E-state index contributed by atoms with van der Waals surface area (Å²) in [6.07, 6.45) is 6.59. The second-order valence-electron chi connectivity index (χ2n) is 2.21. The first-order valence-electron chi connectivity index (χ1n) is 3.41. The van der Waals surface area contributed by atoms with Crippen LogP contribution in [0.5, 0.6) is 0 Å². The monoisotopic (exact) mass is 139 g/mol. The lowest BCUT2D eigenvalue weighted by molar-refractivity contribution is -0.119. The van der Waals surface area contributed by atoms with Crippen molar-refractivity contribution in [2.75, 3.05) is 0 Å². The number of hydrogen-bond acceptors (Lipinski definition) is 1. The zero-order valence-electron chi connectivity index (χ0n) is 6.48. The quantitative estimate of drug-likeness (QED) is 0.579. The molecule has 0 aliphatic rings. The third-order valence-corrected chi connectivity index (χ3v) is 1.26.